The number of carbonyl (C=O) groups is 1. The molecule has 4 heteroatoms. The van der Waals surface area contributed by atoms with E-state index in [4.69, 9.17) is 11.6 Å². The number of nitrogens with zero attached hydrogens (tertiary/aromatic N) is 1. The fourth-order valence-corrected chi connectivity index (χ4v) is 3.53. The number of hydrogen-bond donors (Lipinski definition) is 1. The zero-order valence-corrected chi connectivity index (χ0v) is 18.6. The number of hydrogen-bond acceptors (Lipinski definition) is 2. The SMILES string of the molecule is Cc1ccc(C(=O)C[C@H](C)Cc2ccc(-c3cnc(C(C)(C)C)[nH]3)cc2)cc1Cl. The van der Waals surface area contributed by atoms with Gasteiger partial charge < -0.3 is 4.98 Å². The molecule has 1 aromatic heterocycles. The predicted octanol–water partition coefficient (Wildman–Crippen LogP) is 6.79. The highest BCUT2D eigenvalue weighted by molar-refractivity contribution is 6.31. The van der Waals surface area contributed by atoms with Crippen molar-refractivity contribution in [2.75, 3.05) is 0 Å². The van der Waals surface area contributed by atoms with Crippen molar-refractivity contribution in [1.29, 1.82) is 0 Å². The second-order valence-corrected chi connectivity index (χ2v) is 9.40. The maximum Gasteiger partial charge on any atom is 0.163 e. The quantitative estimate of drug-likeness (QED) is 0.456. The fraction of sp³-hybridized carbons (Fsp3) is 0.360. The summed E-state index contributed by atoms with van der Waals surface area (Å²) in [5.41, 5.74) is 5.06. The van der Waals surface area contributed by atoms with Crippen LogP contribution < -0.4 is 0 Å². The molecule has 0 bridgehead atoms. The molecule has 152 valence electrons. The van der Waals surface area contributed by atoms with E-state index in [0.29, 0.717) is 17.0 Å². The van der Waals surface area contributed by atoms with Gasteiger partial charge in [0.05, 0.1) is 11.9 Å². The smallest absolute Gasteiger partial charge is 0.163 e. The van der Waals surface area contributed by atoms with Crippen LogP contribution in [0.4, 0.5) is 0 Å². The molecule has 0 saturated carbocycles. The van der Waals surface area contributed by atoms with Crippen molar-refractivity contribution in [3.8, 4) is 11.3 Å². The average Bonchev–Trinajstić information content (AvgIpc) is 3.15. The van der Waals surface area contributed by atoms with Gasteiger partial charge in [-0.25, -0.2) is 4.98 Å². The molecule has 1 N–H and O–H groups in total. The van der Waals surface area contributed by atoms with Crippen molar-refractivity contribution >= 4 is 17.4 Å². The molecule has 0 aliphatic carbocycles. The maximum atomic E-state index is 12.6. The molecule has 0 radical (unpaired) electrons. The van der Waals surface area contributed by atoms with Crippen molar-refractivity contribution in [3.63, 3.8) is 0 Å². The molecule has 3 aromatic rings. The third-order valence-electron chi connectivity index (χ3n) is 5.16. The number of aromatic amines is 1. The fourth-order valence-electron chi connectivity index (χ4n) is 3.34. The Kier molecular flexibility index (Phi) is 6.28. The number of aryl methyl sites for hydroxylation is 1. The van der Waals surface area contributed by atoms with Gasteiger partial charge in [-0.1, -0.05) is 75.7 Å². The summed E-state index contributed by atoms with van der Waals surface area (Å²) in [4.78, 5) is 20.5. The second kappa shape index (κ2) is 8.54. The molecule has 0 unspecified atom stereocenters. The van der Waals surface area contributed by atoms with Crippen LogP contribution in [0, 0.1) is 12.8 Å². The summed E-state index contributed by atoms with van der Waals surface area (Å²) in [6.45, 7) is 10.5. The largest absolute Gasteiger partial charge is 0.342 e. The topological polar surface area (TPSA) is 45.8 Å². The molecule has 0 fully saturated rings. The zero-order valence-electron chi connectivity index (χ0n) is 17.8. The number of benzene rings is 2. The van der Waals surface area contributed by atoms with Gasteiger partial charge in [0, 0.05) is 22.4 Å². The van der Waals surface area contributed by atoms with Crippen LogP contribution in [-0.2, 0) is 11.8 Å². The highest BCUT2D eigenvalue weighted by Crippen LogP contribution is 2.25. The Labute approximate surface area is 178 Å². The highest BCUT2D eigenvalue weighted by atomic mass is 35.5. The van der Waals surface area contributed by atoms with Gasteiger partial charge >= 0.3 is 0 Å². The van der Waals surface area contributed by atoms with Crippen LogP contribution in [0.1, 0.15) is 61.4 Å². The van der Waals surface area contributed by atoms with Gasteiger partial charge in [0.25, 0.3) is 0 Å². The summed E-state index contributed by atoms with van der Waals surface area (Å²) in [7, 11) is 0. The molecule has 0 saturated heterocycles. The Bertz CT molecular complexity index is 996. The van der Waals surface area contributed by atoms with Crippen LogP contribution in [0.5, 0.6) is 0 Å². The van der Waals surface area contributed by atoms with Crippen LogP contribution in [0.3, 0.4) is 0 Å². The van der Waals surface area contributed by atoms with Crippen molar-refractivity contribution in [2.24, 2.45) is 5.92 Å². The van der Waals surface area contributed by atoms with Crippen molar-refractivity contribution in [3.05, 3.63) is 76.2 Å². The lowest BCUT2D eigenvalue weighted by molar-refractivity contribution is 0.0964. The minimum Gasteiger partial charge on any atom is -0.342 e. The monoisotopic (exact) mass is 408 g/mol. The lowest BCUT2D eigenvalue weighted by atomic mass is 9.93. The molecule has 1 atom stereocenters. The van der Waals surface area contributed by atoms with E-state index in [0.717, 1.165) is 29.1 Å². The Hall–Kier alpha value is -2.39. The summed E-state index contributed by atoms with van der Waals surface area (Å²) >= 11 is 6.16. The standard InChI is InChI=1S/C25H29ClN2O/c1-16(13-23(29)20-9-6-17(2)21(26)14-20)12-18-7-10-19(11-8-18)22-15-27-24(28-22)25(3,4)5/h6-11,14-16H,12-13H2,1-5H3,(H,27,28)/t16-/m1/s1. The summed E-state index contributed by atoms with van der Waals surface area (Å²) in [5.74, 6) is 1.39. The molecule has 0 amide bonds. The van der Waals surface area contributed by atoms with Gasteiger partial charge in [0.15, 0.2) is 5.78 Å². The predicted molar refractivity (Wildman–Crippen MR) is 121 cm³/mol. The first-order chi connectivity index (χ1) is 13.6. The van der Waals surface area contributed by atoms with Gasteiger partial charge in [-0.15, -0.1) is 0 Å². The Balaban J connectivity index is 1.62. The van der Waals surface area contributed by atoms with Crippen molar-refractivity contribution < 1.29 is 4.79 Å². The number of aromatic nitrogens is 2. The second-order valence-electron chi connectivity index (χ2n) is 8.99. The molecule has 0 aliphatic heterocycles. The van der Waals surface area contributed by atoms with E-state index in [1.165, 1.54) is 5.56 Å². The molecule has 0 aliphatic rings. The number of ketones is 1. The number of rotatable bonds is 6. The Morgan fingerprint density at radius 3 is 2.41 bits per heavy atom. The highest BCUT2D eigenvalue weighted by Gasteiger charge is 2.18. The molecule has 3 nitrogen and oxygen atoms in total. The van der Waals surface area contributed by atoms with Crippen LogP contribution in [-0.4, -0.2) is 15.8 Å². The number of halogens is 1. The van der Waals surface area contributed by atoms with E-state index in [1.54, 1.807) is 6.07 Å². The number of nitrogens with one attached hydrogen (secondary N) is 1. The summed E-state index contributed by atoms with van der Waals surface area (Å²) < 4.78 is 0. The lowest BCUT2D eigenvalue weighted by Gasteiger charge is -2.14. The average molecular weight is 409 g/mol. The first-order valence-corrected chi connectivity index (χ1v) is 10.5. The minimum absolute atomic E-state index is 0.00182. The third kappa shape index (κ3) is 5.36. The molecular weight excluding hydrogens is 380 g/mol. The van der Waals surface area contributed by atoms with Crippen LogP contribution in [0.25, 0.3) is 11.3 Å². The molecule has 29 heavy (non-hydrogen) atoms. The van der Waals surface area contributed by atoms with Crippen LogP contribution in [0.15, 0.2) is 48.7 Å². The van der Waals surface area contributed by atoms with E-state index in [1.807, 2.05) is 25.3 Å². The van der Waals surface area contributed by atoms with Crippen LogP contribution in [0.2, 0.25) is 5.02 Å². The molecular formula is C25H29ClN2O. The summed E-state index contributed by atoms with van der Waals surface area (Å²) in [6.07, 6.45) is 3.27. The molecule has 3 rings (SSSR count). The van der Waals surface area contributed by atoms with E-state index >= 15 is 0 Å². The number of carbonyl (C=O) groups excluding carboxylic acids is 1. The Morgan fingerprint density at radius 2 is 1.83 bits per heavy atom. The maximum absolute atomic E-state index is 12.6. The summed E-state index contributed by atoms with van der Waals surface area (Å²) in [5, 5.41) is 0.646. The molecule has 1 heterocycles. The van der Waals surface area contributed by atoms with Gasteiger partial charge in [-0.3, -0.25) is 4.79 Å². The first-order valence-electron chi connectivity index (χ1n) is 10.1. The molecule has 0 spiro atoms. The zero-order chi connectivity index (χ0) is 21.2. The normalized spacial score (nSPS) is 12.8. The van der Waals surface area contributed by atoms with Crippen LogP contribution >= 0.6 is 11.6 Å². The van der Waals surface area contributed by atoms with Crippen molar-refractivity contribution in [2.45, 2.75) is 52.9 Å². The van der Waals surface area contributed by atoms with Gasteiger partial charge in [-0.2, -0.15) is 0 Å². The van der Waals surface area contributed by atoms with E-state index in [2.05, 4.69) is 61.9 Å². The van der Waals surface area contributed by atoms with E-state index in [-0.39, 0.29) is 17.1 Å². The van der Waals surface area contributed by atoms with E-state index < -0.39 is 0 Å². The van der Waals surface area contributed by atoms with Gasteiger partial charge in [0.1, 0.15) is 5.82 Å². The number of Topliss-reactive ketones (excluding diaryl/α,β-unsaturated/α-hetero) is 1. The van der Waals surface area contributed by atoms with E-state index in [9.17, 15) is 4.79 Å². The Morgan fingerprint density at radius 1 is 1.14 bits per heavy atom. The minimum atomic E-state index is 0.00182. The van der Waals surface area contributed by atoms with Crippen molar-refractivity contribution in [1.82, 2.24) is 9.97 Å². The van der Waals surface area contributed by atoms with Gasteiger partial charge in [0.2, 0.25) is 0 Å². The first kappa shape index (κ1) is 21.3. The van der Waals surface area contributed by atoms with Gasteiger partial charge in [-0.05, 0) is 42.0 Å². The third-order valence-corrected chi connectivity index (χ3v) is 5.57. The molecule has 2 aromatic carbocycles. The lowest BCUT2D eigenvalue weighted by Crippen LogP contribution is -2.13. The summed E-state index contributed by atoms with van der Waals surface area (Å²) in [6, 6.07) is 14.0. The number of imidazole rings is 1. The number of H-pyrrole nitrogens is 1.